The smallest absolute Gasteiger partial charge is 0.408 e. The lowest BCUT2D eigenvalue weighted by atomic mass is 9.93. The first-order chi connectivity index (χ1) is 9.69. The molecule has 1 saturated carbocycles. The summed E-state index contributed by atoms with van der Waals surface area (Å²) in [5.74, 6) is -0.433. The minimum atomic E-state index is -0.433. The number of nitrogen functional groups attached to an aromatic ring is 1. The number of oxazole rings is 1. The molecule has 0 atom stereocenters. The van der Waals surface area contributed by atoms with Crippen LogP contribution < -0.4 is 16.4 Å². The van der Waals surface area contributed by atoms with Crippen LogP contribution in [0.3, 0.4) is 0 Å². The van der Waals surface area contributed by atoms with Gasteiger partial charge in [0.05, 0.1) is 16.9 Å². The maximum Gasteiger partial charge on any atom is 0.417 e. The van der Waals surface area contributed by atoms with Crippen LogP contribution in [-0.2, 0) is 0 Å². The number of nitrogens with one attached hydrogen (secondary N) is 1. The Balaban J connectivity index is 2.01. The zero-order chi connectivity index (χ0) is 14.1. The summed E-state index contributed by atoms with van der Waals surface area (Å²) in [7, 11) is 0. The number of aromatic nitrogens is 1. The van der Waals surface area contributed by atoms with Crippen molar-refractivity contribution < 1.29 is 4.42 Å². The van der Waals surface area contributed by atoms with E-state index in [-0.39, 0.29) is 0 Å². The van der Waals surface area contributed by atoms with E-state index in [0.29, 0.717) is 22.8 Å². The van der Waals surface area contributed by atoms with Crippen LogP contribution in [0.15, 0.2) is 21.3 Å². The summed E-state index contributed by atoms with van der Waals surface area (Å²) < 4.78 is 5.05. The fourth-order valence-electron chi connectivity index (χ4n) is 3.27. The molecule has 108 valence electrons. The van der Waals surface area contributed by atoms with Gasteiger partial charge in [0.15, 0.2) is 5.58 Å². The van der Waals surface area contributed by atoms with Crippen LogP contribution in [0.5, 0.6) is 0 Å². The van der Waals surface area contributed by atoms with Gasteiger partial charge < -0.3 is 15.1 Å². The van der Waals surface area contributed by atoms with Crippen molar-refractivity contribution in [2.45, 2.75) is 45.1 Å². The Labute approximate surface area is 117 Å². The Morgan fingerprint density at radius 2 is 2.10 bits per heavy atom. The number of aromatic amines is 1. The number of benzene rings is 1. The monoisotopic (exact) mass is 275 g/mol. The van der Waals surface area contributed by atoms with E-state index in [4.69, 9.17) is 10.2 Å². The number of H-pyrrole nitrogens is 1. The molecule has 1 aliphatic carbocycles. The Hall–Kier alpha value is -1.91. The molecule has 0 spiro atoms. The van der Waals surface area contributed by atoms with E-state index in [9.17, 15) is 4.79 Å². The molecular weight excluding hydrogens is 254 g/mol. The number of fused-ring (bicyclic) bond motifs is 1. The molecule has 3 N–H and O–H groups in total. The van der Waals surface area contributed by atoms with Crippen LogP contribution in [0.4, 0.5) is 11.4 Å². The average molecular weight is 275 g/mol. The van der Waals surface area contributed by atoms with E-state index in [1.165, 1.54) is 32.1 Å². The zero-order valence-electron chi connectivity index (χ0n) is 11.8. The van der Waals surface area contributed by atoms with Gasteiger partial charge in [-0.3, -0.25) is 4.98 Å². The molecule has 0 aliphatic heterocycles. The molecule has 5 heteroatoms. The first-order valence-corrected chi connectivity index (χ1v) is 7.38. The summed E-state index contributed by atoms with van der Waals surface area (Å²) in [4.78, 5) is 16.3. The summed E-state index contributed by atoms with van der Waals surface area (Å²) in [5, 5.41) is 0. The van der Waals surface area contributed by atoms with Gasteiger partial charge in [0.2, 0.25) is 0 Å². The fourth-order valence-corrected chi connectivity index (χ4v) is 3.27. The molecule has 1 fully saturated rings. The maximum atomic E-state index is 11.3. The molecule has 1 aliphatic rings. The van der Waals surface area contributed by atoms with E-state index in [2.05, 4.69) is 16.8 Å². The third kappa shape index (κ3) is 2.28. The van der Waals surface area contributed by atoms with Crippen molar-refractivity contribution in [3.8, 4) is 0 Å². The third-order valence-electron chi connectivity index (χ3n) is 4.23. The minimum Gasteiger partial charge on any atom is -0.408 e. The van der Waals surface area contributed by atoms with Crippen molar-refractivity contribution in [1.29, 1.82) is 0 Å². The van der Waals surface area contributed by atoms with E-state index < -0.39 is 5.76 Å². The lowest BCUT2D eigenvalue weighted by Gasteiger charge is -2.36. The van der Waals surface area contributed by atoms with Gasteiger partial charge in [-0.2, -0.15) is 0 Å². The summed E-state index contributed by atoms with van der Waals surface area (Å²) in [6.45, 7) is 3.07. The van der Waals surface area contributed by atoms with Crippen LogP contribution in [-0.4, -0.2) is 17.6 Å². The Morgan fingerprint density at radius 1 is 1.35 bits per heavy atom. The van der Waals surface area contributed by atoms with Crippen LogP contribution in [0.2, 0.25) is 0 Å². The number of hydrogen-bond acceptors (Lipinski definition) is 4. The first-order valence-electron chi connectivity index (χ1n) is 7.38. The van der Waals surface area contributed by atoms with E-state index in [0.717, 1.165) is 12.2 Å². The van der Waals surface area contributed by atoms with Crippen molar-refractivity contribution in [2.75, 3.05) is 17.2 Å². The predicted octanol–water partition coefficient (Wildman–Crippen LogP) is 2.86. The molecule has 1 aromatic heterocycles. The number of anilines is 2. The summed E-state index contributed by atoms with van der Waals surface area (Å²) >= 11 is 0. The Kier molecular flexibility index (Phi) is 3.42. The highest BCUT2D eigenvalue weighted by Gasteiger charge is 2.22. The molecule has 0 amide bonds. The molecule has 0 unspecified atom stereocenters. The van der Waals surface area contributed by atoms with Crippen molar-refractivity contribution in [3.63, 3.8) is 0 Å². The second-order valence-corrected chi connectivity index (χ2v) is 5.50. The highest BCUT2D eigenvalue weighted by molar-refractivity contribution is 5.85. The van der Waals surface area contributed by atoms with E-state index >= 15 is 0 Å². The van der Waals surface area contributed by atoms with Crippen molar-refractivity contribution >= 4 is 22.5 Å². The fraction of sp³-hybridized carbons (Fsp3) is 0.533. The number of nitrogens with two attached hydrogens (primary N) is 1. The number of rotatable bonds is 3. The lowest BCUT2D eigenvalue weighted by molar-refractivity contribution is 0.418. The first kappa shape index (κ1) is 13.1. The van der Waals surface area contributed by atoms with Crippen LogP contribution in [0, 0.1) is 0 Å². The Morgan fingerprint density at radius 3 is 2.80 bits per heavy atom. The van der Waals surface area contributed by atoms with Crippen LogP contribution in [0.25, 0.3) is 11.1 Å². The van der Waals surface area contributed by atoms with Gasteiger partial charge in [0.25, 0.3) is 0 Å². The van der Waals surface area contributed by atoms with Crippen molar-refractivity contribution in [1.82, 2.24) is 4.98 Å². The molecule has 2 aromatic rings. The van der Waals surface area contributed by atoms with Gasteiger partial charge >= 0.3 is 5.76 Å². The second kappa shape index (κ2) is 5.23. The molecule has 20 heavy (non-hydrogen) atoms. The average Bonchev–Trinajstić information content (AvgIpc) is 2.80. The second-order valence-electron chi connectivity index (χ2n) is 5.50. The van der Waals surface area contributed by atoms with Gasteiger partial charge in [0, 0.05) is 18.7 Å². The van der Waals surface area contributed by atoms with Crippen molar-refractivity contribution in [3.05, 3.63) is 22.7 Å². The maximum absolute atomic E-state index is 11.3. The molecule has 5 nitrogen and oxygen atoms in total. The van der Waals surface area contributed by atoms with Gasteiger partial charge in [-0.25, -0.2) is 4.79 Å². The topological polar surface area (TPSA) is 75.3 Å². The molecule has 0 radical (unpaired) electrons. The van der Waals surface area contributed by atoms with Crippen LogP contribution in [0.1, 0.15) is 39.0 Å². The molecule has 0 saturated heterocycles. The lowest BCUT2D eigenvalue weighted by Crippen LogP contribution is -2.37. The normalized spacial score (nSPS) is 16.6. The highest BCUT2D eigenvalue weighted by atomic mass is 16.4. The molecule has 1 heterocycles. The molecule has 3 rings (SSSR count). The zero-order valence-corrected chi connectivity index (χ0v) is 11.8. The van der Waals surface area contributed by atoms with Crippen LogP contribution >= 0.6 is 0 Å². The highest BCUT2D eigenvalue weighted by Crippen LogP contribution is 2.33. The van der Waals surface area contributed by atoms with E-state index in [1.54, 1.807) is 6.07 Å². The summed E-state index contributed by atoms with van der Waals surface area (Å²) in [6, 6.07) is 4.23. The summed E-state index contributed by atoms with van der Waals surface area (Å²) in [5.41, 5.74) is 9.08. The quantitative estimate of drug-likeness (QED) is 0.845. The van der Waals surface area contributed by atoms with Gasteiger partial charge in [0.1, 0.15) is 0 Å². The number of nitrogens with zero attached hydrogens (tertiary/aromatic N) is 1. The van der Waals surface area contributed by atoms with E-state index in [1.807, 2.05) is 6.07 Å². The molecule has 1 aromatic carbocycles. The largest absolute Gasteiger partial charge is 0.417 e. The SMILES string of the molecule is CCN(c1cc2[nH]c(=O)oc2cc1N)C1CCCCC1. The van der Waals surface area contributed by atoms with Gasteiger partial charge in [-0.15, -0.1) is 0 Å². The summed E-state index contributed by atoms with van der Waals surface area (Å²) in [6.07, 6.45) is 6.33. The third-order valence-corrected chi connectivity index (χ3v) is 4.23. The molecular formula is C15H21N3O2. The minimum absolute atomic E-state index is 0.433. The van der Waals surface area contributed by atoms with Gasteiger partial charge in [-0.1, -0.05) is 19.3 Å². The Bertz CT molecular complexity index is 653. The van der Waals surface area contributed by atoms with Gasteiger partial charge in [-0.05, 0) is 25.8 Å². The van der Waals surface area contributed by atoms with Crippen molar-refractivity contribution in [2.24, 2.45) is 0 Å². The number of hydrogen-bond donors (Lipinski definition) is 2. The molecule has 0 bridgehead atoms. The standard InChI is InChI=1S/C15H21N3O2/c1-2-18(10-6-4-3-5-7-10)13-9-12-14(8-11(13)16)20-15(19)17-12/h8-10H,2-7,16H2,1H3,(H,17,19). The predicted molar refractivity (Wildman–Crippen MR) is 81.1 cm³/mol.